The number of rotatable bonds is 14. The molecule has 282 valence electrons. The molecule has 0 saturated heterocycles. The zero-order chi connectivity index (χ0) is 38.0. The summed E-state index contributed by atoms with van der Waals surface area (Å²) in [5.74, 6) is -0.495. The molecule has 4 aromatic carbocycles. The van der Waals surface area contributed by atoms with E-state index < -0.39 is 20.2 Å². The Labute approximate surface area is 343 Å². The van der Waals surface area contributed by atoms with E-state index >= 15 is 0 Å². The Morgan fingerprint density at radius 3 is 1.76 bits per heavy atom. The van der Waals surface area contributed by atoms with Gasteiger partial charge in [0.25, 0.3) is 20.2 Å². The van der Waals surface area contributed by atoms with Crippen molar-refractivity contribution in [2.75, 3.05) is 34.4 Å². The zero-order valence-corrected chi connectivity index (χ0v) is 32.6. The van der Waals surface area contributed by atoms with Crippen LogP contribution in [0.4, 0.5) is 11.4 Å². The fraction of sp³-hybridized carbons (Fsp3) is 0.349. The average molecular weight is 779 g/mol. The Kier molecular flexibility index (Phi) is 13.1. The van der Waals surface area contributed by atoms with Crippen LogP contribution in [0.5, 0.6) is 0 Å². The Morgan fingerprint density at radius 1 is 0.630 bits per heavy atom. The number of hydrogen-bond donors (Lipinski definition) is 2. The van der Waals surface area contributed by atoms with Gasteiger partial charge >= 0.3 is 29.6 Å². The van der Waals surface area contributed by atoms with Crippen LogP contribution in [0.25, 0.3) is 21.5 Å². The molecular formula is C43H51N2NaO6S2. The van der Waals surface area contributed by atoms with Crippen LogP contribution in [0.15, 0.2) is 121 Å². The van der Waals surface area contributed by atoms with Gasteiger partial charge in [0.05, 0.1) is 17.5 Å². The summed E-state index contributed by atoms with van der Waals surface area (Å²) in [4.78, 5) is 4.65. The average Bonchev–Trinajstić information content (AvgIpc) is 3.45. The van der Waals surface area contributed by atoms with Crippen LogP contribution < -0.4 is 9.80 Å². The fourth-order valence-corrected chi connectivity index (χ4v) is 9.51. The molecule has 2 aliphatic rings. The van der Waals surface area contributed by atoms with E-state index in [0.717, 1.165) is 17.1 Å². The number of anilines is 2. The van der Waals surface area contributed by atoms with E-state index in [-0.39, 0.29) is 57.9 Å². The molecule has 11 heteroatoms. The van der Waals surface area contributed by atoms with Crippen molar-refractivity contribution in [3.63, 3.8) is 0 Å². The molecule has 0 radical (unpaired) electrons. The summed E-state index contributed by atoms with van der Waals surface area (Å²) >= 11 is 0. The van der Waals surface area contributed by atoms with Gasteiger partial charge < -0.3 is 9.80 Å². The summed E-state index contributed by atoms with van der Waals surface area (Å²) in [6.45, 7) is 10.3. The number of allylic oxidation sites excluding steroid dienone is 7. The molecule has 54 heavy (non-hydrogen) atoms. The molecule has 0 bridgehead atoms. The second kappa shape index (κ2) is 16.9. The number of benzene rings is 4. The number of nitrogens with zero attached hydrogens (tertiary/aromatic N) is 2. The van der Waals surface area contributed by atoms with Gasteiger partial charge in [-0.1, -0.05) is 125 Å². The number of unbranched alkanes of at least 4 members (excludes halogenated alkanes) is 2. The second-order valence-corrected chi connectivity index (χ2v) is 18.3. The molecule has 8 nitrogen and oxygen atoms in total. The Balaban J connectivity index is 0.00000561. The number of hydrogen-bond acceptors (Lipinski definition) is 6. The SMILES string of the molecule is CC1(C)C(=CC=CC=CC=CC2N(CCCCS(=O)(=O)O)c3ccc4ccccc4c3C2(C)C)N(CCCCS(=O)(=O)O)c2ccc3ccccc3c21.[NaH]. The molecule has 2 N–H and O–H groups in total. The van der Waals surface area contributed by atoms with E-state index in [1.807, 2.05) is 30.4 Å². The maximum absolute atomic E-state index is 11.4. The van der Waals surface area contributed by atoms with Crippen molar-refractivity contribution in [3.05, 3.63) is 132 Å². The number of fused-ring (bicyclic) bond motifs is 6. The summed E-state index contributed by atoms with van der Waals surface area (Å²) < 4.78 is 64.1. The first-order valence-corrected chi connectivity index (χ1v) is 21.5. The van der Waals surface area contributed by atoms with Crippen molar-refractivity contribution in [2.24, 2.45) is 0 Å². The molecule has 0 spiro atoms. The van der Waals surface area contributed by atoms with Gasteiger partial charge in [0, 0.05) is 41.0 Å². The first-order chi connectivity index (χ1) is 25.1. The van der Waals surface area contributed by atoms with Gasteiger partial charge in [0.15, 0.2) is 0 Å². The van der Waals surface area contributed by atoms with Crippen LogP contribution in [0.2, 0.25) is 0 Å². The van der Waals surface area contributed by atoms with Crippen molar-refractivity contribution >= 4 is 82.7 Å². The van der Waals surface area contributed by atoms with Crippen molar-refractivity contribution in [3.8, 4) is 0 Å². The molecule has 0 fully saturated rings. The topological polar surface area (TPSA) is 115 Å². The van der Waals surface area contributed by atoms with Gasteiger partial charge in [-0.25, -0.2) is 0 Å². The minimum absolute atomic E-state index is 0. The molecule has 0 aromatic heterocycles. The van der Waals surface area contributed by atoms with Crippen molar-refractivity contribution < 1.29 is 25.9 Å². The molecule has 0 amide bonds. The van der Waals surface area contributed by atoms with Gasteiger partial charge in [-0.15, -0.1) is 0 Å². The Hall–Kier alpha value is -3.22. The van der Waals surface area contributed by atoms with Gasteiger partial charge in [-0.05, 0) is 76.6 Å². The van der Waals surface area contributed by atoms with Crippen LogP contribution >= 0.6 is 0 Å². The van der Waals surface area contributed by atoms with E-state index in [4.69, 9.17) is 0 Å². The van der Waals surface area contributed by atoms with Crippen molar-refractivity contribution in [1.82, 2.24) is 0 Å². The van der Waals surface area contributed by atoms with Crippen LogP contribution in [-0.2, 0) is 31.1 Å². The van der Waals surface area contributed by atoms with Crippen molar-refractivity contribution in [1.29, 1.82) is 0 Å². The zero-order valence-electron chi connectivity index (χ0n) is 30.9. The predicted octanol–water partition coefficient (Wildman–Crippen LogP) is 8.50. The van der Waals surface area contributed by atoms with E-state index in [9.17, 15) is 25.9 Å². The van der Waals surface area contributed by atoms with E-state index in [1.165, 1.54) is 32.7 Å². The van der Waals surface area contributed by atoms with Gasteiger partial charge in [-0.3, -0.25) is 9.11 Å². The third-order valence-electron chi connectivity index (χ3n) is 10.8. The minimum atomic E-state index is -4.01. The molecule has 6 rings (SSSR count). The van der Waals surface area contributed by atoms with Gasteiger partial charge in [0.1, 0.15) is 0 Å². The predicted molar refractivity (Wildman–Crippen MR) is 226 cm³/mol. The van der Waals surface area contributed by atoms with E-state index in [2.05, 4.69) is 122 Å². The van der Waals surface area contributed by atoms with Crippen LogP contribution in [0, 0.1) is 0 Å². The standard InChI is InChI=1S/C43H50N2O6S2.Na.H/c1-42(2)38(44(28-14-16-30-52(46,47)48)36-26-24-32-18-10-12-20-34(32)40(36)42)22-8-6-5-7-9-23-39-43(3,4)41-35-21-13-11-19-33(35)25-27-37(41)45(39)29-15-17-31-53(49,50)51;;/h5-13,18-27,38H,14-17,28-31H2,1-4H3,(H,46,47,48)(H,49,50,51);;. The molecule has 1 atom stereocenters. The molecule has 4 aromatic rings. The molecule has 2 aliphatic heterocycles. The Bertz CT molecular complexity index is 2350. The quantitative estimate of drug-likeness (QED) is 0.0567. The molecular weight excluding hydrogens is 728 g/mol. The second-order valence-electron chi connectivity index (χ2n) is 15.2. The summed E-state index contributed by atoms with van der Waals surface area (Å²) in [5.41, 5.74) is 5.41. The first-order valence-electron chi connectivity index (χ1n) is 18.3. The van der Waals surface area contributed by atoms with Crippen molar-refractivity contribution in [2.45, 2.75) is 70.3 Å². The van der Waals surface area contributed by atoms with E-state index in [0.29, 0.717) is 38.8 Å². The third-order valence-corrected chi connectivity index (χ3v) is 12.4. The van der Waals surface area contributed by atoms with Crippen LogP contribution in [0.1, 0.15) is 64.5 Å². The summed E-state index contributed by atoms with van der Waals surface area (Å²) in [6.07, 6.45) is 16.5. The Morgan fingerprint density at radius 2 is 1.15 bits per heavy atom. The first kappa shape index (κ1) is 41.9. The summed E-state index contributed by atoms with van der Waals surface area (Å²) in [6, 6.07) is 25.5. The molecule has 0 aliphatic carbocycles. The molecule has 0 saturated carbocycles. The van der Waals surface area contributed by atoms with Crippen LogP contribution in [-0.4, -0.2) is 86.1 Å². The maximum atomic E-state index is 11.4. The molecule has 2 heterocycles. The van der Waals surface area contributed by atoms with Crippen LogP contribution in [0.3, 0.4) is 0 Å². The summed E-state index contributed by atoms with van der Waals surface area (Å²) in [5, 5.41) is 4.79. The van der Waals surface area contributed by atoms with Gasteiger partial charge in [-0.2, -0.15) is 16.8 Å². The van der Waals surface area contributed by atoms with E-state index in [1.54, 1.807) is 0 Å². The fourth-order valence-electron chi connectivity index (χ4n) is 8.37. The monoisotopic (exact) mass is 778 g/mol. The third kappa shape index (κ3) is 9.07. The normalized spacial score (nSPS) is 18.8. The van der Waals surface area contributed by atoms with Gasteiger partial charge in [0.2, 0.25) is 0 Å². The molecule has 1 unspecified atom stereocenters. The summed E-state index contributed by atoms with van der Waals surface area (Å²) in [7, 11) is -8.01.